The van der Waals surface area contributed by atoms with Crippen LogP contribution in [0.1, 0.15) is 15.9 Å². The molecule has 0 radical (unpaired) electrons. The lowest BCUT2D eigenvalue weighted by molar-refractivity contribution is 0.0748. The Morgan fingerprint density at radius 1 is 0.941 bits per heavy atom. The molecule has 0 saturated carbocycles. The van der Waals surface area contributed by atoms with Gasteiger partial charge < -0.3 is 14.5 Å². The lowest BCUT2D eigenvalue weighted by atomic mass is 10.0. The molecule has 6 heteroatoms. The quantitative estimate of drug-likeness (QED) is 0.418. The minimum Gasteiger partial charge on any atom is -0.497 e. The molecule has 1 fully saturated rings. The number of ether oxygens (including phenoxy) is 1. The van der Waals surface area contributed by atoms with Crippen LogP contribution in [0.5, 0.6) is 5.75 Å². The Labute approximate surface area is 198 Å². The number of nitrogens with zero attached hydrogens (tertiary/aromatic N) is 3. The van der Waals surface area contributed by atoms with E-state index in [2.05, 4.69) is 0 Å². The summed E-state index contributed by atoms with van der Waals surface area (Å²) in [4.78, 5) is 22.4. The number of benzene rings is 3. The van der Waals surface area contributed by atoms with Gasteiger partial charge in [0.05, 0.1) is 29.6 Å². The zero-order valence-electron chi connectivity index (χ0n) is 19.3. The van der Waals surface area contributed by atoms with Gasteiger partial charge in [0.15, 0.2) is 0 Å². The number of hydrogen-bond acceptors (Lipinski definition) is 4. The van der Waals surface area contributed by atoms with Crippen LogP contribution in [-0.4, -0.2) is 49.1 Å². The molecule has 5 rings (SSSR count). The van der Waals surface area contributed by atoms with Crippen LogP contribution in [0.15, 0.2) is 72.8 Å². The molecule has 0 aliphatic carbocycles. The Balaban J connectivity index is 1.46. The summed E-state index contributed by atoms with van der Waals surface area (Å²) in [6, 6.07) is 22.3. The second-order valence-electron chi connectivity index (χ2n) is 8.53. The average molecular weight is 456 g/mol. The second kappa shape index (κ2) is 9.14. The van der Waals surface area contributed by atoms with Crippen molar-refractivity contribution >= 4 is 22.5 Å². The summed E-state index contributed by atoms with van der Waals surface area (Å²) in [6.45, 7) is 4.24. The molecule has 2 heterocycles. The first-order valence-electron chi connectivity index (χ1n) is 11.4. The van der Waals surface area contributed by atoms with Crippen molar-refractivity contribution in [3.63, 3.8) is 0 Å². The highest BCUT2D eigenvalue weighted by Crippen LogP contribution is 2.29. The van der Waals surface area contributed by atoms with E-state index in [0.717, 1.165) is 33.5 Å². The zero-order valence-corrected chi connectivity index (χ0v) is 19.3. The number of aryl methyl sites for hydroxylation is 1. The number of amides is 1. The normalized spacial score (nSPS) is 13.9. The van der Waals surface area contributed by atoms with Crippen LogP contribution < -0.4 is 9.64 Å². The first kappa shape index (κ1) is 21.9. The molecule has 34 heavy (non-hydrogen) atoms. The highest BCUT2D eigenvalue weighted by atomic mass is 19.1. The Kier molecular flexibility index (Phi) is 5.88. The molecule has 4 aromatic rings. The summed E-state index contributed by atoms with van der Waals surface area (Å²) in [5.41, 5.74) is 4.74. The van der Waals surface area contributed by atoms with E-state index in [1.807, 2.05) is 71.3 Å². The lowest BCUT2D eigenvalue weighted by Gasteiger charge is -2.36. The second-order valence-corrected chi connectivity index (χ2v) is 8.53. The fourth-order valence-electron chi connectivity index (χ4n) is 4.46. The number of pyridine rings is 1. The van der Waals surface area contributed by atoms with Crippen molar-refractivity contribution in [2.75, 3.05) is 38.2 Å². The van der Waals surface area contributed by atoms with Crippen molar-refractivity contribution in [2.45, 2.75) is 6.92 Å². The van der Waals surface area contributed by atoms with Gasteiger partial charge in [-0.05, 0) is 61.5 Å². The standard InChI is InChI=1S/C28H26FN3O2/c1-19-7-12-25-22(17-19)23(18-26(30-25)20-8-10-21(34-2)11-9-20)28(33)32-15-13-31(14-16-32)27-6-4-3-5-24(27)29/h3-12,17-18H,13-16H2,1-2H3. The van der Waals surface area contributed by atoms with Gasteiger partial charge in [0.25, 0.3) is 5.91 Å². The number of fused-ring (bicyclic) bond motifs is 1. The maximum Gasteiger partial charge on any atom is 0.254 e. The number of carbonyl (C=O) groups is 1. The summed E-state index contributed by atoms with van der Waals surface area (Å²) in [5.74, 6) is 0.507. The van der Waals surface area contributed by atoms with Crippen LogP contribution in [0.3, 0.4) is 0 Å². The largest absolute Gasteiger partial charge is 0.497 e. The molecular formula is C28H26FN3O2. The van der Waals surface area contributed by atoms with Gasteiger partial charge in [-0.3, -0.25) is 4.79 Å². The first-order valence-corrected chi connectivity index (χ1v) is 11.4. The third kappa shape index (κ3) is 4.19. The maximum absolute atomic E-state index is 14.2. The SMILES string of the molecule is COc1ccc(-c2cc(C(=O)N3CCN(c4ccccc4F)CC3)c3cc(C)ccc3n2)cc1. The van der Waals surface area contributed by atoms with Crippen LogP contribution >= 0.6 is 0 Å². The summed E-state index contributed by atoms with van der Waals surface area (Å²) in [5, 5.41) is 0.846. The zero-order chi connectivity index (χ0) is 23.7. The van der Waals surface area contributed by atoms with Gasteiger partial charge in [-0.25, -0.2) is 9.37 Å². The number of para-hydroxylation sites is 1. The topological polar surface area (TPSA) is 45.7 Å². The van der Waals surface area contributed by atoms with E-state index in [0.29, 0.717) is 37.4 Å². The molecule has 1 aliphatic rings. The molecule has 0 atom stereocenters. The summed E-state index contributed by atoms with van der Waals surface area (Å²) >= 11 is 0. The molecule has 0 N–H and O–H groups in total. The molecule has 1 saturated heterocycles. The Hall–Kier alpha value is -3.93. The van der Waals surface area contributed by atoms with E-state index in [9.17, 15) is 9.18 Å². The van der Waals surface area contributed by atoms with Crippen LogP contribution in [0.25, 0.3) is 22.2 Å². The first-order chi connectivity index (χ1) is 16.5. The fraction of sp³-hybridized carbons (Fsp3) is 0.214. The van der Waals surface area contributed by atoms with Gasteiger partial charge in [-0.15, -0.1) is 0 Å². The van der Waals surface area contributed by atoms with E-state index < -0.39 is 0 Å². The molecule has 5 nitrogen and oxygen atoms in total. The van der Waals surface area contributed by atoms with Gasteiger partial charge in [0.2, 0.25) is 0 Å². The molecule has 3 aromatic carbocycles. The number of piperazine rings is 1. The average Bonchev–Trinajstić information content (AvgIpc) is 2.88. The summed E-state index contributed by atoms with van der Waals surface area (Å²) in [6.07, 6.45) is 0. The third-order valence-electron chi connectivity index (χ3n) is 6.34. The van der Waals surface area contributed by atoms with Gasteiger partial charge in [0, 0.05) is 37.1 Å². The monoisotopic (exact) mass is 455 g/mol. The minimum absolute atomic E-state index is 0.0269. The van der Waals surface area contributed by atoms with Crippen LogP contribution in [0, 0.1) is 12.7 Å². The number of hydrogen-bond donors (Lipinski definition) is 0. The number of rotatable bonds is 4. The highest BCUT2D eigenvalue weighted by molar-refractivity contribution is 6.07. The smallest absolute Gasteiger partial charge is 0.254 e. The molecule has 1 aliphatic heterocycles. The third-order valence-corrected chi connectivity index (χ3v) is 6.34. The van der Waals surface area contributed by atoms with Crippen molar-refractivity contribution in [3.8, 4) is 17.0 Å². The Morgan fingerprint density at radius 2 is 1.68 bits per heavy atom. The molecule has 172 valence electrons. The lowest BCUT2D eigenvalue weighted by Crippen LogP contribution is -2.49. The maximum atomic E-state index is 14.2. The van der Waals surface area contributed by atoms with E-state index >= 15 is 0 Å². The number of anilines is 1. The van der Waals surface area contributed by atoms with E-state index in [1.165, 1.54) is 6.07 Å². The van der Waals surface area contributed by atoms with E-state index in [4.69, 9.17) is 9.72 Å². The number of carbonyl (C=O) groups excluding carboxylic acids is 1. The number of aromatic nitrogens is 1. The predicted octanol–water partition coefficient (Wildman–Crippen LogP) is 5.32. The number of methoxy groups -OCH3 is 1. The van der Waals surface area contributed by atoms with Crippen molar-refractivity contribution in [2.24, 2.45) is 0 Å². The minimum atomic E-state index is -0.234. The van der Waals surface area contributed by atoms with Crippen molar-refractivity contribution in [3.05, 3.63) is 89.7 Å². The van der Waals surface area contributed by atoms with Gasteiger partial charge in [-0.1, -0.05) is 23.8 Å². The predicted molar refractivity (Wildman–Crippen MR) is 133 cm³/mol. The van der Waals surface area contributed by atoms with Gasteiger partial charge in [-0.2, -0.15) is 0 Å². The van der Waals surface area contributed by atoms with Crippen LogP contribution in [0.4, 0.5) is 10.1 Å². The van der Waals surface area contributed by atoms with Gasteiger partial charge >= 0.3 is 0 Å². The van der Waals surface area contributed by atoms with E-state index in [1.54, 1.807) is 19.2 Å². The number of halogens is 1. The van der Waals surface area contributed by atoms with E-state index in [-0.39, 0.29) is 11.7 Å². The molecule has 0 bridgehead atoms. The van der Waals surface area contributed by atoms with Crippen molar-refractivity contribution < 1.29 is 13.9 Å². The van der Waals surface area contributed by atoms with Gasteiger partial charge in [0.1, 0.15) is 11.6 Å². The highest BCUT2D eigenvalue weighted by Gasteiger charge is 2.25. The Bertz CT molecular complexity index is 1350. The van der Waals surface area contributed by atoms with Crippen LogP contribution in [0.2, 0.25) is 0 Å². The summed E-state index contributed by atoms with van der Waals surface area (Å²) < 4.78 is 19.5. The summed E-state index contributed by atoms with van der Waals surface area (Å²) in [7, 11) is 1.63. The molecule has 1 amide bonds. The molecular weight excluding hydrogens is 429 g/mol. The van der Waals surface area contributed by atoms with Crippen LogP contribution in [-0.2, 0) is 0 Å². The van der Waals surface area contributed by atoms with Crippen molar-refractivity contribution in [1.29, 1.82) is 0 Å². The molecule has 0 spiro atoms. The molecule has 0 unspecified atom stereocenters. The van der Waals surface area contributed by atoms with Crippen molar-refractivity contribution in [1.82, 2.24) is 9.88 Å². The fourth-order valence-corrected chi connectivity index (χ4v) is 4.46. The molecule has 1 aromatic heterocycles. The Morgan fingerprint density at radius 3 is 2.38 bits per heavy atom.